The number of nitrogens with two attached hydrogens (primary N) is 1. The van der Waals surface area contributed by atoms with Crippen LogP contribution in [-0.2, 0) is 29.6 Å². The highest BCUT2D eigenvalue weighted by atomic mass is 79.9. The quantitative estimate of drug-likeness (QED) is 0.390. The number of aryl methyl sites for hydroxylation is 1. The lowest BCUT2D eigenvalue weighted by Gasteiger charge is -2.15. The summed E-state index contributed by atoms with van der Waals surface area (Å²) in [5, 5.41) is 8.53. The zero-order chi connectivity index (χ0) is 23.1. The Morgan fingerprint density at radius 2 is 1.62 bits per heavy atom. The Morgan fingerprint density at radius 3 is 2.25 bits per heavy atom. The number of hydrogen-bond acceptors (Lipinski definition) is 5. The van der Waals surface area contributed by atoms with Crippen molar-refractivity contribution >= 4 is 26.0 Å². The van der Waals surface area contributed by atoms with Crippen LogP contribution in [0.15, 0.2) is 70.0 Å². The van der Waals surface area contributed by atoms with E-state index in [1.807, 2.05) is 12.1 Å². The first-order valence-corrected chi connectivity index (χ1v) is 12.5. The fraction of sp³-hybridized carbons (Fsp3) is 0.250. The molecule has 0 radical (unpaired) electrons. The molecule has 0 spiro atoms. The summed E-state index contributed by atoms with van der Waals surface area (Å²) in [7, 11) is -2.03. The number of hydrogen-bond donors (Lipinski definition) is 2. The van der Waals surface area contributed by atoms with Gasteiger partial charge in [0.1, 0.15) is 6.61 Å². The molecule has 8 heteroatoms. The van der Waals surface area contributed by atoms with Gasteiger partial charge in [-0.15, -0.1) is 0 Å². The van der Waals surface area contributed by atoms with Crippen LogP contribution in [0.5, 0.6) is 11.5 Å². The molecule has 0 saturated carbocycles. The first-order valence-electron chi connectivity index (χ1n) is 10.1. The minimum absolute atomic E-state index is 0.121. The van der Waals surface area contributed by atoms with Gasteiger partial charge in [0.05, 0.1) is 16.5 Å². The highest BCUT2D eigenvalue weighted by Crippen LogP contribution is 2.37. The molecule has 0 aliphatic rings. The molecular formula is C24H27BrN2O4S. The Kier molecular flexibility index (Phi) is 8.31. The lowest BCUT2D eigenvalue weighted by molar-refractivity contribution is 0.282. The van der Waals surface area contributed by atoms with Crippen molar-refractivity contribution in [2.45, 2.75) is 31.4 Å². The Hall–Kier alpha value is -2.39. The van der Waals surface area contributed by atoms with Gasteiger partial charge in [-0.25, -0.2) is 13.6 Å². The smallest absolute Gasteiger partial charge is 0.238 e. The minimum atomic E-state index is -3.66. The summed E-state index contributed by atoms with van der Waals surface area (Å²) >= 11 is 3.60. The van der Waals surface area contributed by atoms with E-state index in [-0.39, 0.29) is 4.90 Å². The maximum absolute atomic E-state index is 11.3. The topological polar surface area (TPSA) is 90.6 Å². The van der Waals surface area contributed by atoms with Crippen LogP contribution < -0.4 is 19.9 Å². The van der Waals surface area contributed by atoms with E-state index in [1.54, 1.807) is 19.2 Å². The van der Waals surface area contributed by atoms with Crippen LogP contribution in [0.3, 0.4) is 0 Å². The van der Waals surface area contributed by atoms with E-state index in [4.69, 9.17) is 14.6 Å². The van der Waals surface area contributed by atoms with Crippen molar-refractivity contribution in [3.05, 3.63) is 87.4 Å². The summed E-state index contributed by atoms with van der Waals surface area (Å²) < 4.78 is 35.1. The van der Waals surface area contributed by atoms with E-state index in [1.165, 1.54) is 17.7 Å². The Morgan fingerprint density at radius 1 is 0.969 bits per heavy atom. The van der Waals surface area contributed by atoms with Gasteiger partial charge in [0.2, 0.25) is 10.0 Å². The lowest BCUT2D eigenvalue weighted by atomic mass is 10.1. The highest BCUT2D eigenvalue weighted by Gasteiger charge is 2.12. The van der Waals surface area contributed by atoms with Crippen molar-refractivity contribution in [2.24, 2.45) is 5.14 Å². The second kappa shape index (κ2) is 11.0. The Labute approximate surface area is 197 Å². The average molecular weight is 519 g/mol. The van der Waals surface area contributed by atoms with Gasteiger partial charge in [0.15, 0.2) is 11.5 Å². The molecule has 0 fully saturated rings. The number of ether oxygens (including phenoxy) is 2. The number of methoxy groups -OCH3 is 1. The molecule has 0 aliphatic heterocycles. The number of halogens is 1. The van der Waals surface area contributed by atoms with Gasteiger partial charge in [0, 0.05) is 6.54 Å². The molecule has 0 bridgehead atoms. The van der Waals surface area contributed by atoms with Crippen molar-refractivity contribution in [3.63, 3.8) is 0 Å². The molecule has 170 valence electrons. The van der Waals surface area contributed by atoms with E-state index in [2.05, 4.69) is 52.4 Å². The summed E-state index contributed by atoms with van der Waals surface area (Å²) in [5.74, 6) is 1.34. The van der Waals surface area contributed by atoms with Crippen molar-refractivity contribution in [1.29, 1.82) is 0 Å². The molecule has 0 atom stereocenters. The second-order valence-corrected chi connectivity index (χ2v) is 9.91. The number of nitrogens with one attached hydrogen (secondary N) is 1. The van der Waals surface area contributed by atoms with Crippen molar-refractivity contribution in [1.82, 2.24) is 5.32 Å². The van der Waals surface area contributed by atoms with Gasteiger partial charge >= 0.3 is 0 Å². The van der Waals surface area contributed by atoms with Crippen molar-refractivity contribution < 1.29 is 17.9 Å². The zero-order valence-electron chi connectivity index (χ0n) is 18.1. The Balaban J connectivity index is 1.55. The SMILES string of the molecule is COc1cc(CNCCc2ccc(S(N)(=O)=O)cc2)cc(Br)c1OCc1ccc(C)cc1. The predicted octanol–water partition coefficient (Wildman–Crippen LogP) is 4.32. The molecule has 6 nitrogen and oxygen atoms in total. The van der Waals surface area contributed by atoms with E-state index in [9.17, 15) is 8.42 Å². The van der Waals surface area contributed by atoms with Crippen LogP contribution in [0.25, 0.3) is 0 Å². The fourth-order valence-electron chi connectivity index (χ4n) is 3.17. The molecule has 0 amide bonds. The molecule has 0 aliphatic carbocycles. The third kappa shape index (κ3) is 6.80. The van der Waals surface area contributed by atoms with Crippen molar-refractivity contribution in [2.75, 3.05) is 13.7 Å². The van der Waals surface area contributed by atoms with Crippen LogP contribution in [0.2, 0.25) is 0 Å². The molecule has 0 unspecified atom stereocenters. The van der Waals surface area contributed by atoms with Gasteiger partial charge in [-0.2, -0.15) is 0 Å². The van der Waals surface area contributed by atoms with Gasteiger partial charge in [-0.05, 0) is 76.8 Å². The van der Waals surface area contributed by atoms with E-state index in [0.717, 1.165) is 34.1 Å². The fourth-order valence-corrected chi connectivity index (χ4v) is 4.29. The van der Waals surface area contributed by atoms with E-state index < -0.39 is 10.0 Å². The van der Waals surface area contributed by atoms with Crippen LogP contribution in [0.4, 0.5) is 0 Å². The second-order valence-electron chi connectivity index (χ2n) is 7.50. The molecule has 3 aromatic carbocycles. The normalized spacial score (nSPS) is 11.4. The summed E-state index contributed by atoms with van der Waals surface area (Å²) in [4.78, 5) is 0.121. The Bertz CT molecular complexity index is 1150. The first kappa shape index (κ1) is 24.3. The average Bonchev–Trinajstić information content (AvgIpc) is 2.76. The van der Waals surface area contributed by atoms with E-state index >= 15 is 0 Å². The van der Waals surface area contributed by atoms with Gasteiger partial charge in [-0.1, -0.05) is 42.0 Å². The monoisotopic (exact) mass is 518 g/mol. The molecule has 3 aromatic rings. The number of benzene rings is 3. The van der Waals surface area contributed by atoms with Crippen LogP contribution in [-0.4, -0.2) is 22.1 Å². The summed E-state index contributed by atoms with van der Waals surface area (Å²) in [6.07, 6.45) is 0.765. The van der Waals surface area contributed by atoms with Gasteiger partial charge in [0.25, 0.3) is 0 Å². The molecule has 32 heavy (non-hydrogen) atoms. The molecule has 3 N–H and O–H groups in total. The molecule has 0 heterocycles. The van der Waals surface area contributed by atoms with E-state index in [0.29, 0.717) is 24.7 Å². The van der Waals surface area contributed by atoms with Crippen molar-refractivity contribution in [3.8, 4) is 11.5 Å². The first-order chi connectivity index (χ1) is 15.3. The number of sulfonamides is 1. The standard InChI is InChI=1S/C24H27BrN2O4S/c1-17-3-5-19(6-4-17)16-31-24-22(25)13-20(14-23(24)30-2)15-27-12-11-18-7-9-21(10-8-18)32(26,28)29/h3-10,13-14,27H,11-12,15-16H2,1-2H3,(H2,26,28,29). The highest BCUT2D eigenvalue weighted by molar-refractivity contribution is 9.10. The predicted molar refractivity (Wildman–Crippen MR) is 129 cm³/mol. The molecule has 0 aromatic heterocycles. The van der Waals surface area contributed by atoms with Crippen LogP contribution in [0, 0.1) is 6.92 Å². The minimum Gasteiger partial charge on any atom is -0.493 e. The lowest BCUT2D eigenvalue weighted by Crippen LogP contribution is -2.17. The largest absolute Gasteiger partial charge is 0.493 e. The molecule has 3 rings (SSSR count). The maximum atomic E-state index is 11.3. The summed E-state index contributed by atoms with van der Waals surface area (Å²) in [6.45, 7) is 3.90. The molecule has 0 saturated heterocycles. The zero-order valence-corrected chi connectivity index (χ0v) is 20.5. The summed E-state index contributed by atoms with van der Waals surface area (Å²) in [5.41, 5.74) is 4.39. The van der Waals surface area contributed by atoms with Gasteiger partial charge in [-0.3, -0.25) is 0 Å². The number of rotatable bonds is 10. The third-order valence-electron chi connectivity index (χ3n) is 4.96. The third-order valence-corrected chi connectivity index (χ3v) is 6.48. The van der Waals surface area contributed by atoms with Crippen LogP contribution in [0.1, 0.15) is 22.3 Å². The summed E-state index contributed by atoms with van der Waals surface area (Å²) in [6, 6.07) is 18.8. The maximum Gasteiger partial charge on any atom is 0.238 e. The van der Waals surface area contributed by atoms with Gasteiger partial charge < -0.3 is 14.8 Å². The number of primary sulfonamides is 1. The van der Waals surface area contributed by atoms with Crippen LogP contribution >= 0.6 is 15.9 Å². The molecular weight excluding hydrogens is 492 g/mol.